The van der Waals surface area contributed by atoms with Gasteiger partial charge in [0, 0.05) is 58.5 Å². The van der Waals surface area contributed by atoms with Gasteiger partial charge in [-0.2, -0.15) is 5.10 Å². The molecule has 2 aromatic heterocycles. The van der Waals surface area contributed by atoms with Crippen molar-refractivity contribution >= 4 is 28.4 Å². The fourth-order valence-electron chi connectivity index (χ4n) is 2.93. The molecule has 0 saturated carbocycles. The lowest BCUT2D eigenvalue weighted by atomic mass is 10.1. The van der Waals surface area contributed by atoms with Crippen molar-refractivity contribution < 1.29 is 0 Å². The highest BCUT2D eigenvalue weighted by atomic mass is 32.2. The van der Waals surface area contributed by atoms with E-state index in [0.29, 0.717) is 19.6 Å². The number of rotatable bonds is 5. The van der Waals surface area contributed by atoms with E-state index in [1.807, 2.05) is 23.1 Å². The zero-order valence-corrected chi connectivity index (χ0v) is 13.4. The molecule has 0 saturated heterocycles. The number of hydrogen-bond donors (Lipinski definition) is 3. The second-order valence-electron chi connectivity index (χ2n) is 5.39. The summed E-state index contributed by atoms with van der Waals surface area (Å²) in [6.07, 6.45) is 3.71. The molecule has 4 rings (SSSR count). The molecule has 6 nitrogen and oxygen atoms in total. The number of nitrogens with one attached hydrogen (secondary N) is 1. The van der Waals surface area contributed by atoms with Gasteiger partial charge in [0.15, 0.2) is 0 Å². The largest absolute Gasteiger partial charge is 0.383 e. The number of benzene rings is 1. The normalized spacial score (nSPS) is 12.4. The van der Waals surface area contributed by atoms with Crippen LogP contribution in [0.25, 0.3) is 22.2 Å². The molecule has 5 N–H and O–H groups in total. The standard InChI is InChI=1S/C16H18N6S/c17-4-7-20-11-1-2-12-14-15(21-22(12)8-5-18)10-9-19-6-3-13(10)23-16(11)14/h1-3,6,9,20H,4-5,7-8,17-18H2. The first-order valence-corrected chi connectivity index (χ1v) is 8.45. The topological polar surface area (TPSA) is 94.8 Å². The van der Waals surface area contributed by atoms with Crippen LogP contribution in [-0.4, -0.2) is 34.4 Å². The van der Waals surface area contributed by atoms with Crippen molar-refractivity contribution in [3.63, 3.8) is 0 Å². The third kappa shape index (κ3) is 2.28. The zero-order chi connectivity index (χ0) is 15.8. The first-order chi connectivity index (χ1) is 11.3. The molecule has 3 aromatic rings. The Morgan fingerprint density at radius 2 is 2.09 bits per heavy atom. The first kappa shape index (κ1) is 14.5. The number of aromatic nitrogens is 3. The quantitative estimate of drug-likeness (QED) is 0.518. The minimum Gasteiger partial charge on any atom is -0.383 e. The average Bonchev–Trinajstić information content (AvgIpc) is 2.95. The van der Waals surface area contributed by atoms with Crippen LogP contribution >= 0.6 is 11.8 Å². The Morgan fingerprint density at radius 3 is 2.91 bits per heavy atom. The summed E-state index contributed by atoms with van der Waals surface area (Å²) in [5.74, 6) is 0. The van der Waals surface area contributed by atoms with Crippen LogP contribution in [0.4, 0.5) is 5.69 Å². The molecule has 1 aliphatic heterocycles. The van der Waals surface area contributed by atoms with Gasteiger partial charge in [-0.15, -0.1) is 0 Å². The van der Waals surface area contributed by atoms with E-state index in [1.165, 1.54) is 15.2 Å². The van der Waals surface area contributed by atoms with Crippen LogP contribution < -0.4 is 16.8 Å². The maximum atomic E-state index is 5.74. The molecule has 0 fully saturated rings. The number of anilines is 1. The highest BCUT2D eigenvalue weighted by Crippen LogP contribution is 2.49. The molecule has 23 heavy (non-hydrogen) atoms. The Morgan fingerprint density at radius 1 is 1.17 bits per heavy atom. The monoisotopic (exact) mass is 326 g/mol. The lowest BCUT2D eigenvalue weighted by Gasteiger charge is -2.18. The van der Waals surface area contributed by atoms with Crippen LogP contribution in [0.1, 0.15) is 0 Å². The molecule has 0 radical (unpaired) electrons. The van der Waals surface area contributed by atoms with Crippen LogP contribution in [0.5, 0.6) is 0 Å². The molecule has 0 aliphatic carbocycles. The van der Waals surface area contributed by atoms with Crippen LogP contribution in [0.3, 0.4) is 0 Å². The van der Waals surface area contributed by atoms with E-state index in [4.69, 9.17) is 16.6 Å². The second kappa shape index (κ2) is 5.84. The number of pyridine rings is 1. The molecule has 0 amide bonds. The molecule has 0 atom stereocenters. The molecule has 1 aliphatic rings. The van der Waals surface area contributed by atoms with Crippen molar-refractivity contribution in [3.8, 4) is 11.3 Å². The third-order valence-electron chi connectivity index (χ3n) is 3.92. The molecule has 0 unspecified atom stereocenters. The Balaban J connectivity index is 1.98. The Bertz CT molecular complexity index is 872. The fraction of sp³-hybridized carbons (Fsp3) is 0.250. The van der Waals surface area contributed by atoms with E-state index in [2.05, 4.69) is 22.4 Å². The Hall–Kier alpha value is -2.09. The van der Waals surface area contributed by atoms with Crippen molar-refractivity contribution in [1.82, 2.24) is 14.8 Å². The molecule has 118 valence electrons. The van der Waals surface area contributed by atoms with Crippen molar-refractivity contribution in [2.75, 3.05) is 25.0 Å². The highest BCUT2D eigenvalue weighted by molar-refractivity contribution is 8.00. The number of hydrogen-bond acceptors (Lipinski definition) is 6. The molecular weight excluding hydrogens is 308 g/mol. The van der Waals surface area contributed by atoms with E-state index >= 15 is 0 Å². The number of nitrogens with two attached hydrogens (primary N) is 2. The predicted molar refractivity (Wildman–Crippen MR) is 93.7 cm³/mol. The molecule has 0 spiro atoms. The lowest BCUT2D eigenvalue weighted by Crippen LogP contribution is -2.14. The summed E-state index contributed by atoms with van der Waals surface area (Å²) < 4.78 is 1.99. The highest BCUT2D eigenvalue weighted by Gasteiger charge is 2.25. The second-order valence-corrected chi connectivity index (χ2v) is 6.44. The SMILES string of the molecule is NCCNc1ccc2c3c(nn2CCN)-c2cnccc2Sc13. The smallest absolute Gasteiger partial charge is 0.104 e. The summed E-state index contributed by atoms with van der Waals surface area (Å²) in [5.41, 5.74) is 15.7. The molecule has 0 bridgehead atoms. The summed E-state index contributed by atoms with van der Waals surface area (Å²) in [5, 5.41) is 9.39. The predicted octanol–water partition coefficient (Wildman–Crippen LogP) is 1.89. The van der Waals surface area contributed by atoms with E-state index in [1.54, 1.807) is 11.8 Å². The van der Waals surface area contributed by atoms with Gasteiger partial charge in [-0.25, -0.2) is 0 Å². The van der Waals surface area contributed by atoms with Gasteiger partial charge in [0.25, 0.3) is 0 Å². The zero-order valence-electron chi connectivity index (χ0n) is 12.6. The Kier molecular flexibility index (Phi) is 3.68. The molecule has 3 heterocycles. The summed E-state index contributed by atoms with van der Waals surface area (Å²) in [4.78, 5) is 6.64. The van der Waals surface area contributed by atoms with Gasteiger partial charge in [-0.3, -0.25) is 9.67 Å². The van der Waals surface area contributed by atoms with E-state index in [9.17, 15) is 0 Å². The minimum atomic E-state index is 0.561. The van der Waals surface area contributed by atoms with Gasteiger partial charge in [0.2, 0.25) is 0 Å². The van der Waals surface area contributed by atoms with Crippen LogP contribution in [0, 0.1) is 0 Å². The molecule has 7 heteroatoms. The maximum Gasteiger partial charge on any atom is 0.104 e. The summed E-state index contributed by atoms with van der Waals surface area (Å²) in [7, 11) is 0. The molecular formula is C16H18N6S. The summed E-state index contributed by atoms with van der Waals surface area (Å²) in [6, 6.07) is 6.24. The van der Waals surface area contributed by atoms with Gasteiger partial charge in [-0.05, 0) is 18.2 Å². The molecule has 1 aromatic carbocycles. The van der Waals surface area contributed by atoms with Crippen molar-refractivity contribution in [3.05, 3.63) is 30.6 Å². The van der Waals surface area contributed by atoms with E-state index in [-0.39, 0.29) is 0 Å². The van der Waals surface area contributed by atoms with Gasteiger partial charge < -0.3 is 16.8 Å². The van der Waals surface area contributed by atoms with Crippen molar-refractivity contribution in [2.45, 2.75) is 16.3 Å². The number of nitrogens with zero attached hydrogens (tertiary/aromatic N) is 3. The van der Waals surface area contributed by atoms with Gasteiger partial charge in [-0.1, -0.05) is 11.8 Å². The average molecular weight is 326 g/mol. The van der Waals surface area contributed by atoms with Gasteiger partial charge in [0.05, 0.1) is 12.1 Å². The van der Waals surface area contributed by atoms with E-state index < -0.39 is 0 Å². The summed E-state index contributed by atoms with van der Waals surface area (Å²) >= 11 is 1.76. The van der Waals surface area contributed by atoms with Crippen LogP contribution in [0.15, 0.2) is 40.4 Å². The fourth-order valence-corrected chi connectivity index (χ4v) is 4.09. The Labute approximate surface area is 138 Å². The van der Waals surface area contributed by atoms with Crippen molar-refractivity contribution in [1.29, 1.82) is 0 Å². The van der Waals surface area contributed by atoms with Gasteiger partial charge >= 0.3 is 0 Å². The minimum absolute atomic E-state index is 0.561. The first-order valence-electron chi connectivity index (χ1n) is 7.63. The lowest BCUT2D eigenvalue weighted by molar-refractivity contribution is 0.648. The third-order valence-corrected chi connectivity index (χ3v) is 5.12. The van der Waals surface area contributed by atoms with Crippen LogP contribution in [-0.2, 0) is 6.54 Å². The van der Waals surface area contributed by atoms with Crippen molar-refractivity contribution in [2.24, 2.45) is 11.5 Å². The van der Waals surface area contributed by atoms with Crippen LogP contribution in [0.2, 0.25) is 0 Å². The maximum absolute atomic E-state index is 5.74. The number of fused-ring (bicyclic) bond motifs is 2. The van der Waals surface area contributed by atoms with Gasteiger partial charge in [0.1, 0.15) is 5.69 Å². The van der Waals surface area contributed by atoms with E-state index in [0.717, 1.165) is 29.0 Å². The summed E-state index contributed by atoms with van der Waals surface area (Å²) in [6.45, 7) is 2.61.